The molecule has 2 aliphatic heterocycles. The van der Waals surface area contributed by atoms with Crippen LogP contribution in [0.5, 0.6) is 0 Å². The largest absolute Gasteiger partial charge is 0.379 e. The highest BCUT2D eigenvalue weighted by molar-refractivity contribution is 6.31. The molecule has 0 spiro atoms. The summed E-state index contributed by atoms with van der Waals surface area (Å²) < 4.78 is 5.41. The van der Waals surface area contributed by atoms with E-state index >= 15 is 0 Å². The third-order valence-electron chi connectivity index (χ3n) is 7.07. The van der Waals surface area contributed by atoms with Crippen LogP contribution in [0.2, 0.25) is 5.02 Å². The Labute approximate surface area is 190 Å². The summed E-state index contributed by atoms with van der Waals surface area (Å²) in [6, 6.07) is 6.90. The highest BCUT2D eigenvalue weighted by Crippen LogP contribution is 2.40. The van der Waals surface area contributed by atoms with Gasteiger partial charge in [-0.2, -0.15) is 0 Å². The predicted molar refractivity (Wildman–Crippen MR) is 121 cm³/mol. The number of nitrogens with one attached hydrogen (secondary N) is 1. The molecule has 1 aromatic rings. The molecule has 4 atom stereocenters. The molecule has 170 valence electrons. The van der Waals surface area contributed by atoms with Gasteiger partial charge in [0.2, 0.25) is 5.91 Å². The molecule has 7 heteroatoms. The molecule has 3 aliphatic rings. The van der Waals surface area contributed by atoms with Crippen molar-refractivity contribution >= 4 is 23.4 Å². The molecule has 1 aromatic carbocycles. The second kappa shape index (κ2) is 10.3. The van der Waals surface area contributed by atoms with Gasteiger partial charge in [0, 0.05) is 42.3 Å². The maximum Gasteiger partial charge on any atom is 0.254 e. The Morgan fingerprint density at radius 3 is 2.77 bits per heavy atom. The minimum atomic E-state index is -0.398. The molecule has 1 aliphatic carbocycles. The number of nitrogens with zero attached hydrogens (tertiary/aromatic N) is 2. The molecule has 4 unspecified atom stereocenters. The number of ether oxygens (including phenoxy) is 1. The van der Waals surface area contributed by atoms with Crippen molar-refractivity contribution < 1.29 is 14.3 Å². The van der Waals surface area contributed by atoms with Gasteiger partial charge in [-0.1, -0.05) is 30.5 Å². The molecule has 2 saturated heterocycles. The van der Waals surface area contributed by atoms with Crippen molar-refractivity contribution in [2.45, 2.75) is 63.6 Å². The van der Waals surface area contributed by atoms with E-state index < -0.39 is 6.04 Å². The second-order valence-corrected chi connectivity index (χ2v) is 9.67. The first-order chi connectivity index (χ1) is 15.0. The lowest BCUT2D eigenvalue weighted by atomic mass is 9.84. The standard InChI is InChI=1S/C24H34ClN3O3/c1-17(9-10-27-11-13-31-14-12-27)26-23(29)22-16-18-5-2-3-8-21(18)28(22)24(30)19-6-4-7-20(25)15-19/h4,6-7,15,17-18,21-22H,2-3,5,8-14,16H2,1H3,(H,26,29). The van der Waals surface area contributed by atoms with Crippen molar-refractivity contribution in [3.05, 3.63) is 34.9 Å². The van der Waals surface area contributed by atoms with Gasteiger partial charge in [0.05, 0.1) is 13.2 Å². The molecule has 31 heavy (non-hydrogen) atoms. The lowest BCUT2D eigenvalue weighted by molar-refractivity contribution is -0.125. The molecular weight excluding hydrogens is 414 g/mol. The van der Waals surface area contributed by atoms with E-state index in [1.165, 1.54) is 6.42 Å². The lowest BCUT2D eigenvalue weighted by Gasteiger charge is -2.34. The third-order valence-corrected chi connectivity index (χ3v) is 7.30. The minimum Gasteiger partial charge on any atom is -0.379 e. The maximum absolute atomic E-state index is 13.5. The van der Waals surface area contributed by atoms with E-state index in [1.54, 1.807) is 24.3 Å². The fourth-order valence-corrected chi connectivity index (χ4v) is 5.56. The Hall–Kier alpha value is -1.63. The molecule has 0 aromatic heterocycles. The van der Waals surface area contributed by atoms with Crippen molar-refractivity contribution in [2.24, 2.45) is 5.92 Å². The van der Waals surface area contributed by atoms with Crippen molar-refractivity contribution in [1.29, 1.82) is 0 Å². The van der Waals surface area contributed by atoms with Gasteiger partial charge in [0.25, 0.3) is 5.91 Å². The van der Waals surface area contributed by atoms with Gasteiger partial charge in [0.15, 0.2) is 0 Å². The van der Waals surface area contributed by atoms with Crippen LogP contribution in [0.3, 0.4) is 0 Å². The number of halogens is 1. The van der Waals surface area contributed by atoms with E-state index in [2.05, 4.69) is 17.1 Å². The van der Waals surface area contributed by atoms with Gasteiger partial charge in [-0.15, -0.1) is 0 Å². The molecule has 3 fully saturated rings. The smallest absolute Gasteiger partial charge is 0.254 e. The molecule has 1 saturated carbocycles. The Kier molecular flexibility index (Phi) is 7.51. The van der Waals surface area contributed by atoms with Crippen LogP contribution in [0, 0.1) is 5.92 Å². The Morgan fingerprint density at radius 1 is 1.23 bits per heavy atom. The van der Waals surface area contributed by atoms with Gasteiger partial charge in [-0.05, 0) is 56.7 Å². The number of rotatable bonds is 6. The summed E-state index contributed by atoms with van der Waals surface area (Å²) in [6.45, 7) is 6.48. The maximum atomic E-state index is 13.5. The first-order valence-electron chi connectivity index (χ1n) is 11.7. The molecule has 0 radical (unpaired) electrons. The van der Waals surface area contributed by atoms with E-state index in [0.29, 0.717) is 16.5 Å². The first kappa shape index (κ1) is 22.6. The van der Waals surface area contributed by atoms with Crippen LogP contribution < -0.4 is 5.32 Å². The van der Waals surface area contributed by atoms with Crippen molar-refractivity contribution in [3.63, 3.8) is 0 Å². The molecule has 2 heterocycles. The zero-order valence-corrected chi connectivity index (χ0v) is 19.2. The first-order valence-corrected chi connectivity index (χ1v) is 12.1. The number of carbonyl (C=O) groups is 2. The summed E-state index contributed by atoms with van der Waals surface area (Å²) >= 11 is 6.14. The number of fused-ring (bicyclic) bond motifs is 1. The van der Waals surface area contributed by atoms with Gasteiger partial charge < -0.3 is 15.0 Å². The number of morpholine rings is 1. The van der Waals surface area contributed by atoms with Gasteiger partial charge in [0.1, 0.15) is 6.04 Å². The topological polar surface area (TPSA) is 61.9 Å². The molecule has 0 bridgehead atoms. The number of carbonyl (C=O) groups excluding carboxylic acids is 2. The number of likely N-dealkylation sites (tertiary alicyclic amines) is 1. The van der Waals surface area contributed by atoms with Crippen molar-refractivity contribution in [2.75, 3.05) is 32.8 Å². The van der Waals surface area contributed by atoms with E-state index in [1.807, 2.05) is 4.90 Å². The molecule has 2 amide bonds. The number of benzene rings is 1. The predicted octanol–water partition coefficient (Wildman–Crippen LogP) is 3.34. The van der Waals surface area contributed by atoms with Crippen LogP contribution in [-0.2, 0) is 9.53 Å². The number of hydrogen-bond donors (Lipinski definition) is 1. The fraction of sp³-hybridized carbons (Fsp3) is 0.667. The normalized spacial score (nSPS) is 27.5. The van der Waals surface area contributed by atoms with E-state index in [9.17, 15) is 9.59 Å². The highest BCUT2D eigenvalue weighted by atomic mass is 35.5. The van der Waals surface area contributed by atoms with Crippen LogP contribution in [-0.4, -0.2) is 72.6 Å². The average Bonchev–Trinajstić information content (AvgIpc) is 3.18. The number of amides is 2. The molecular formula is C24H34ClN3O3. The summed E-state index contributed by atoms with van der Waals surface area (Å²) in [4.78, 5) is 31.0. The summed E-state index contributed by atoms with van der Waals surface area (Å²) in [6.07, 6.45) is 6.04. The summed E-state index contributed by atoms with van der Waals surface area (Å²) in [5.74, 6) is 0.327. The Balaban J connectivity index is 1.42. The highest BCUT2D eigenvalue weighted by Gasteiger charge is 2.47. The molecule has 1 N–H and O–H groups in total. The monoisotopic (exact) mass is 447 g/mol. The van der Waals surface area contributed by atoms with Crippen LogP contribution in [0.4, 0.5) is 0 Å². The Morgan fingerprint density at radius 2 is 2.00 bits per heavy atom. The summed E-state index contributed by atoms with van der Waals surface area (Å²) in [7, 11) is 0. The lowest BCUT2D eigenvalue weighted by Crippen LogP contribution is -2.51. The van der Waals surface area contributed by atoms with E-state index in [4.69, 9.17) is 16.3 Å². The number of hydrogen-bond acceptors (Lipinski definition) is 4. The quantitative estimate of drug-likeness (QED) is 0.726. The Bertz CT molecular complexity index is 783. The van der Waals surface area contributed by atoms with Crippen LogP contribution >= 0.6 is 11.6 Å². The SMILES string of the molecule is CC(CCN1CCOCC1)NC(=O)C1CC2CCCCC2N1C(=O)c1cccc(Cl)c1. The van der Waals surface area contributed by atoms with Gasteiger partial charge >= 0.3 is 0 Å². The van der Waals surface area contributed by atoms with E-state index in [0.717, 1.165) is 65.0 Å². The summed E-state index contributed by atoms with van der Waals surface area (Å²) in [5.41, 5.74) is 0.567. The summed E-state index contributed by atoms with van der Waals surface area (Å²) in [5, 5.41) is 3.75. The fourth-order valence-electron chi connectivity index (χ4n) is 5.37. The molecule has 6 nitrogen and oxygen atoms in total. The zero-order valence-electron chi connectivity index (χ0n) is 18.4. The van der Waals surface area contributed by atoms with Crippen LogP contribution in [0.1, 0.15) is 55.8 Å². The van der Waals surface area contributed by atoms with Crippen molar-refractivity contribution in [1.82, 2.24) is 15.1 Å². The van der Waals surface area contributed by atoms with Gasteiger partial charge in [-0.25, -0.2) is 0 Å². The van der Waals surface area contributed by atoms with Gasteiger partial charge in [-0.3, -0.25) is 14.5 Å². The van der Waals surface area contributed by atoms with E-state index in [-0.39, 0.29) is 23.9 Å². The second-order valence-electron chi connectivity index (χ2n) is 9.24. The van der Waals surface area contributed by atoms with Crippen molar-refractivity contribution in [3.8, 4) is 0 Å². The minimum absolute atomic E-state index is 0.0146. The molecule has 4 rings (SSSR count). The third kappa shape index (κ3) is 5.41. The van der Waals surface area contributed by atoms with Crippen LogP contribution in [0.25, 0.3) is 0 Å². The van der Waals surface area contributed by atoms with Crippen LogP contribution in [0.15, 0.2) is 24.3 Å². The average molecular weight is 448 g/mol. The zero-order chi connectivity index (χ0) is 21.8.